The summed E-state index contributed by atoms with van der Waals surface area (Å²) in [6.45, 7) is 16.0. The Hall–Kier alpha value is -2.37. The molecule has 3 aliphatic carbocycles. The fourth-order valence-corrected chi connectivity index (χ4v) is 7.89. The predicted molar refractivity (Wildman–Crippen MR) is 178 cm³/mol. The van der Waals surface area contributed by atoms with Crippen molar-refractivity contribution in [1.82, 2.24) is 0 Å². The molecule has 43 heavy (non-hydrogen) atoms. The summed E-state index contributed by atoms with van der Waals surface area (Å²) in [7, 11) is 0. The highest BCUT2D eigenvalue weighted by molar-refractivity contribution is 5.99. The maximum absolute atomic E-state index is 13.4. The third kappa shape index (κ3) is 9.31. The number of anilines is 3. The molecule has 0 atom stereocenters. The highest BCUT2D eigenvalue weighted by Crippen LogP contribution is 2.40. The van der Waals surface area contributed by atoms with E-state index < -0.39 is 0 Å². The molecule has 4 rings (SSSR count). The number of carbonyl (C=O) groups is 3. The van der Waals surface area contributed by atoms with Gasteiger partial charge in [0.25, 0.3) is 0 Å². The molecule has 0 heterocycles. The number of amides is 3. The van der Waals surface area contributed by atoms with Crippen LogP contribution in [0.2, 0.25) is 0 Å². The second-order valence-electron chi connectivity index (χ2n) is 15.9. The van der Waals surface area contributed by atoms with Crippen LogP contribution in [0, 0.1) is 52.8 Å². The largest absolute Gasteiger partial charge is 0.326 e. The van der Waals surface area contributed by atoms with Crippen LogP contribution in [0.3, 0.4) is 0 Å². The van der Waals surface area contributed by atoms with Crippen molar-refractivity contribution < 1.29 is 14.4 Å². The molecule has 0 radical (unpaired) electrons. The van der Waals surface area contributed by atoms with Crippen molar-refractivity contribution in [3.63, 3.8) is 0 Å². The zero-order valence-corrected chi connectivity index (χ0v) is 28.1. The van der Waals surface area contributed by atoms with Crippen LogP contribution in [0.15, 0.2) is 18.2 Å². The molecule has 0 saturated heterocycles. The summed E-state index contributed by atoms with van der Waals surface area (Å²) in [6, 6.07) is 5.54. The van der Waals surface area contributed by atoms with Gasteiger partial charge in [-0.2, -0.15) is 0 Å². The van der Waals surface area contributed by atoms with E-state index in [9.17, 15) is 14.4 Å². The minimum atomic E-state index is -0.0119. The third-order valence-electron chi connectivity index (χ3n) is 11.2. The minimum Gasteiger partial charge on any atom is -0.326 e. The lowest BCUT2D eigenvalue weighted by Gasteiger charge is -2.36. The molecule has 0 unspecified atom stereocenters. The summed E-state index contributed by atoms with van der Waals surface area (Å²) >= 11 is 0. The van der Waals surface area contributed by atoms with Gasteiger partial charge in [-0.05, 0) is 130 Å². The van der Waals surface area contributed by atoms with Gasteiger partial charge in [-0.25, -0.2) is 0 Å². The number of hydrogen-bond acceptors (Lipinski definition) is 3. The van der Waals surface area contributed by atoms with Crippen LogP contribution in [0.4, 0.5) is 17.1 Å². The SMILES string of the molecule is CC(C)C1CCC(C(=O)Nc2cc(NC(=O)C3CCC(C(C)C)CC3)cc(NC(=O)C3CCC(C(C)(C)C)CC3)c2)CC1. The van der Waals surface area contributed by atoms with Crippen molar-refractivity contribution in [2.75, 3.05) is 16.0 Å². The monoisotopic (exact) mass is 593 g/mol. The molecule has 0 aliphatic heterocycles. The normalized spacial score (nSPS) is 28.4. The fourth-order valence-electron chi connectivity index (χ4n) is 7.89. The van der Waals surface area contributed by atoms with E-state index in [1.807, 2.05) is 18.2 Å². The predicted octanol–water partition coefficient (Wildman–Crippen LogP) is 9.28. The minimum absolute atomic E-state index is 0.000399. The quantitative estimate of drug-likeness (QED) is 0.281. The lowest BCUT2D eigenvalue weighted by Crippen LogP contribution is -2.31. The zero-order chi connectivity index (χ0) is 31.3. The first kappa shape index (κ1) is 33.5. The van der Waals surface area contributed by atoms with Crippen LogP contribution in [0.5, 0.6) is 0 Å². The second-order valence-corrected chi connectivity index (χ2v) is 15.9. The molecule has 0 aromatic heterocycles. The van der Waals surface area contributed by atoms with E-state index in [0.29, 0.717) is 46.7 Å². The molecule has 3 N–H and O–H groups in total. The van der Waals surface area contributed by atoms with Gasteiger partial charge in [0.05, 0.1) is 0 Å². The Morgan fingerprint density at radius 3 is 1.07 bits per heavy atom. The van der Waals surface area contributed by atoms with Gasteiger partial charge in [-0.3, -0.25) is 14.4 Å². The lowest BCUT2D eigenvalue weighted by molar-refractivity contribution is -0.122. The number of hydrogen-bond donors (Lipinski definition) is 3. The molecule has 6 nitrogen and oxygen atoms in total. The molecule has 0 spiro atoms. The molecule has 3 fully saturated rings. The van der Waals surface area contributed by atoms with Crippen molar-refractivity contribution in [2.45, 2.75) is 126 Å². The average Bonchev–Trinajstić information content (AvgIpc) is 2.96. The summed E-state index contributed by atoms with van der Waals surface area (Å²) in [6.07, 6.45) is 11.9. The van der Waals surface area contributed by atoms with Gasteiger partial charge in [0.1, 0.15) is 0 Å². The van der Waals surface area contributed by atoms with Crippen LogP contribution in [-0.4, -0.2) is 17.7 Å². The lowest BCUT2D eigenvalue weighted by atomic mass is 9.69. The van der Waals surface area contributed by atoms with Gasteiger partial charge >= 0.3 is 0 Å². The number of carbonyl (C=O) groups excluding carboxylic acids is 3. The first-order valence-electron chi connectivity index (χ1n) is 17.4. The van der Waals surface area contributed by atoms with Crippen LogP contribution < -0.4 is 16.0 Å². The molecule has 0 bridgehead atoms. The van der Waals surface area contributed by atoms with Crippen molar-refractivity contribution in [3.05, 3.63) is 18.2 Å². The van der Waals surface area contributed by atoms with E-state index in [2.05, 4.69) is 64.4 Å². The second kappa shape index (κ2) is 14.6. The Morgan fingerprint density at radius 1 is 0.535 bits per heavy atom. The van der Waals surface area contributed by atoms with Gasteiger partial charge in [0.15, 0.2) is 0 Å². The average molecular weight is 594 g/mol. The summed E-state index contributed by atoms with van der Waals surface area (Å²) in [5.74, 6) is 3.43. The summed E-state index contributed by atoms with van der Waals surface area (Å²) in [5, 5.41) is 9.43. The molecule has 240 valence electrons. The number of nitrogens with one attached hydrogen (secondary N) is 3. The highest BCUT2D eigenvalue weighted by Gasteiger charge is 2.33. The van der Waals surface area contributed by atoms with E-state index in [4.69, 9.17) is 0 Å². The van der Waals surface area contributed by atoms with Crippen molar-refractivity contribution in [2.24, 2.45) is 52.8 Å². The van der Waals surface area contributed by atoms with E-state index in [1.165, 1.54) is 0 Å². The van der Waals surface area contributed by atoms with E-state index in [-0.39, 0.29) is 40.9 Å². The summed E-state index contributed by atoms with van der Waals surface area (Å²) in [4.78, 5) is 40.0. The maximum atomic E-state index is 13.4. The van der Waals surface area contributed by atoms with Crippen LogP contribution in [0.1, 0.15) is 126 Å². The van der Waals surface area contributed by atoms with Gasteiger partial charge in [0.2, 0.25) is 17.7 Å². The van der Waals surface area contributed by atoms with Crippen molar-refractivity contribution >= 4 is 34.8 Å². The number of benzene rings is 1. The summed E-state index contributed by atoms with van der Waals surface area (Å²) in [5.41, 5.74) is 2.15. The third-order valence-corrected chi connectivity index (χ3v) is 11.2. The molecular weight excluding hydrogens is 534 g/mol. The van der Waals surface area contributed by atoms with Gasteiger partial charge in [-0.1, -0.05) is 48.5 Å². The van der Waals surface area contributed by atoms with E-state index in [0.717, 1.165) is 77.0 Å². The Bertz CT molecular complexity index is 1040. The van der Waals surface area contributed by atoms with Crippen LogP contribution in [0.25, 0.3) is 0 Å². The first-order chi connectivity index (χ1) is 20.3. The van der Waals surface area contributed by atoms with E-state index in [1.54, 1.807) is 0 Å². The zero-order valence-electron chi connectivity index (χ0n) is 28.1. The fraction of sp³-hybridized carbons (Fsp3) is 0.757. The number of rotatable bonds is 8. The molecule has 3 aliphatic rings. The standard InChI is InChI=1S/C37H59N3O3/c1-23(2)25-8-12-27(13-9-25)34(41)38-31-20-32(39-35(42)28-14-10-26(11-15-28)24(3)4)22-33(21-31)40-36(43)29-16-18-30(19-17-29)37(5,6)7/h20-30H,8-19H2,1-7H3,(H,38,41)(H,39,42)(H,40,43). The molecule has 3 amide bonds. The molecule has 1 aromatic rings. The Labute approximate surface area is 261 Å². The molecule has 1 aromatic carbocycles. The van der Waals surface area contributed by atoms with Gasteiger partial charge in [0, 0.05) is 34.8 Å². The first-order valence-corrected chi connectivity index (χ1v) is 17.4. The molecule has 3 saturated carbocycles. The van der Waals surface area contributed by atoms with Crippen molar-refractivity contribution in [1.29, 1.82) is 0 Å². The summed E-state index contributed by atoms with van der Waals surface area (Å²) < 4.78 is 0. The highest BCUT2D eigenvalue weighted by atomic mass is 16.2. The topological polar surface area (TPSA) is 87.3 Å². The Morgan fingerprint density at radius 2 is 0.814 bits per heavy atom. The van der Waals surface area contributed by atoms with Gasteiger partial charge in [-0.15, -0.1) is 0 Å². The van der Waals surface area contributed by atoms with Crippen LogP contribution >= 0.6 is 0 Å². The Balaban J connectivity index is 1.44. The van der Waals surface area contributed by atoms with Gasteiger partial charge < -0.3 is 16.0 Å². The van der Waals surface area contributed by atoms with E-state index >= 15 is 0 Å². The maximum Gasteiger partial charge on any atom is 0.227 e. The Kier molecular flexibility index (Phi) is 11.4. The van der Waals surface area contributed by atoms with Crippen LogP contribution in [-0.2, 0) is 14.4 Å². The molecular formula is C37H59N3O3. The molecule has 6 heteroatoms. The van der Waals surface area contributed by atoms with Crippen molar-refractivity contribution in [3.8, 4) is 0 Å². The smallest absolute Gasteiger partial charge is 0.227 e.